The largest absolute Gasteiger partial charge is 0.466 e. The van der Waals surface area contributed by atoms with E-state index in [2.05, 4.69) is 10.3 Å². The average Bonchev–Trinajstić information content (AvgIpc) is 3.09. The first-order valence-corrected chi connectivity index (χ1v) is 10.3. The van der Waals surface area contributed by atoms with E-state index < -0.39 is 18.3 Å². The van der Waals surface area contributed by atoms with E-state index >= 15 is 0 Å². The number of hydrogen-bond acceptors (Lipinski definition) is 4. The maximum absolute atomic E-state index is 13.0. The molecule has 2 N–H and O–H groups in total. The number of hydrogen-bond donors (Lipinski definition) is 2. The highest BCUT2D eigenvalue weighted by Crippen LogP contribution is 2.27. The summed E-state index contributed by atoms with van der Waals surface area (Å²) in [6.45, 7) is 3.91. The summed E-state index contributed by atoms with van der Waals surface area (Å²) in [5.41, 5.74) is 0.415. The Hall–Kier alpha value is -3.39. The summed E-state index contributed by atoms with van der Waals surface area (Å²) in [7, 11) is 0. The molecule has 0 saturated carbocycles. The number of aliphatic imine (C=N–C) groups is 1. The zero-order chi connectivity index (χ0) is 24.2. The van der Waals surface area contributed by atoms with E-state index in [1.165, 1.54) is 24.3 Å². The molecule has 3 aromatic rings. The third-order valence-electron chi connectivity index (χ3n) is 4.86. The van der Waals surface area contributed by atoms with Crippen molar-refractivity contribution >= 4 is 34.6 Å². The molecular formula is C24H21ClF3N3O2. The summed E-state index contributed by atoms with van der Waals surface area (Å²) >= 11 is 6.10. The number of para-hydroxylation sites is 1. The van der Waals surface area contributed by atoms with Crippen LogP contribution < -0.4 is 5.32 Å². The van der Waals surface area contributed by atoms with E-state index in [1.807, 2.05) is 19.9 Å². The van der Waals surface area contributed by atoms with Gasteiger partial charge >= 0.3 is 6.18 Å². The van der Waals surface area contributed by atoms with Crippen molar-refractivity contribution in [2.24, 2.45) is 4.99 Å². The second-order valence-corrected chi connectivity index (χ2v) is 7.77. The van der Waals surface area contributed by atoms with Crippen LogP contribution in [-0.2, 0) is 6.54 Å². The third kappa shape index (κ3) is 6.32. The molecule has 0 aliphatic heterocycles. The first-order valence-electron chi connectivity index (χ1n) is 9.96. The number of furan rings is 1. The minimum Gasteiger partial charge on any atom is -0.466 e. The SMILES string of the molecule is Cc1cc(CNC(=O)c2ccc(C(CC(=N)C(F)(F)F)=Nc3ccccc3Cl)cc2)c(C)o1. The number of rotatable bonds is 7. The lowest BCUT2D eigenvalue weighted by atomic mass is 10.0. The van der Waals surface area contributed by atoms with E-state index in [0.717, 1.165) is 17.1 Å². The molecule has 0 radical (unpaired) electrons. The van der Waals surface area contributed by atoms with E-state index in [1.54, 1.807) is 24.3 Å². The van der Waals surface area contributed by atoms with E-state index in [9.17, 15) is 18.0 Å². The molecule has 5 nitrogen and oxygen atoms in total. The first-order chi connectivity index (χ1) is 15.5. The van der Waals surface area contributed by atoms with Crippen molar-refractivity contribution in [3.8, 4) is 0 Å². The molecule has 0 fully saturated rings. The molecule has 1 heterocycles. The zero-order valence-corrected chi connectivity index (χ0v) is 18.6. The van der Waals surface area contributed by atoms with Crippen LogP contribution >= 0.6 is 11.6 Å². The lowest BCUT2D eigenvalue weighted by Crippen LogP contribution is -2.25. The van der Waals surface area contributed by atoms with Gasteiger partial charge in [0.05, 0.1) is 16.4 Å². The second kappa shape index (κ2) is 10.0. The number of nitrogens with one attached hydrogen (secondary N) is 2. The van der Waals surface area contributed by atoms with Gasteiger partial charge in [0.15, 0.2) is 0 Å². The smallest absolute Gasteiger partial charge is 0.429 e. The van der Waals surface area contributed by atoms with Gasteiger partial charge in [-0.2, -0.15) is 13.2 Å². The maximum Gasteiger partial charge on any atom is 0.429 e. The third-order valence-corrected chi connectivity index (χ3v) is 5.18. The van der Waals surface area contributed by atoms with Crippen molar-refractivity contribution in [3.05, 3.63) is 87.8 Å². The molecule has 9 heteroatoms. The highest BCUT2D eigenvalue weighted by Gasteiger charge is 2.35. The van der Waals surface area contributed by atoms with Crippen LogP contribution in [0.15, 0.2) is 64.0 Å². The quantitative estimate of drug-likeness (QED) is 0.379. The van der Waals surface area contributed by atoms with Gasteiger partial charge in [0.1, 0.15) is 17.2 Å². The van der Waals surface area contributed by atoms with Crippen LogP contribution in [0.5, 0.6) is 0 Å². The number of benzene rings is 2. The van der Waals surface area contributed by atoms with E-state index in [4.69, 9.17) is 21.4 Å². The number of alkyl halides is 3. The Morgan fingerprint density at radius 2 is 1.73 bits per heavy atom. The molecule has 0 unspecified atom stereocenters. The van der Waals surface area contributed by atoms with Gasteiger partial charge in [-0.05, 0) is 49.7 Å². The van der Waals surface area contributed by atoms with Gasteiger partial charge in [0.25, 0.3) is 5.91 Å². The van der Waals surface area contributed by atoms with E-state index in [-0.39, 0.29) is 28.9 Å². The minimum atomic E-state index is -4.77. The molecular weight excluding hydrogens is 455 g/mol. The Bertz CT molecular complexity index is 1200. The molecule has 1 amide bonds. The van der Waals surface area contributed by atoms with Crippen molar-refractivity contribution in [3.63, 3.8) is 0 Å². The van der Waals surface area contributed by atoms with Gasteiger partial charge < -0.3 is 15.1 Å². The number of nitrogens with zero attached hydrogens (tertiary/aromatic N) is 1. The normalized spacial score (nSPS) is 12.0. The Balaban J connectivity index is 1.82. The fraction of sp³-hybridized carbons (Fsp3) is 0.208. The number of halogens is 4. The van der Waals surface area contributed by atoms with Gasteiger partial charge in [0, 0.05) is 24.1 Å². The van der Waals surface area contributed by atoms with Crippen LogP contribution in [-0.4, -0.2) is 23.5 Å². The Morgan fingerprint density at radius 1 is 1.09 bits per heavy atom. The molecule has 0 aliphatic rings. The fourth-order valence-electron chi connectivity index (χ4n) is 3.11. The zero-order valence-electron chi connectivity index (χ0n) is 17.9. The summed E-state index contributed by atoms with van der Waals surface area (Å²) in [5, 5.41) is 10.5. The Morgan fingerprint density at radius 3 is 2.30 bits per heavy atom. The summed E-state index contributed by atoms with van der Waals surface area (Å²) in [5.74, 6) is 1.12. The Kier molecular flexibility index (Phi) is 7.38. The topological polar surface area (TPSA) is 78.5 Å². The van der Waals surface area contributed by atoms with Gasteiger partial charge in [-0.15, -0.1) is 0 Å². The van der Waals surface area contributed by atoms with Crippen LogP contribution in [0.2, 0.25) is 5.02 Å². The predicted octanol–water partition coefficient (Wildman–Crippen LogP) is 6.57. The van der Waals surface area contributed by atoms with Gasteiger partial charge in [0.2, 0.25) is 0 Å². The van der Waals surface area contributed by atoms with Crippen molar-refractivity contribution < 1.29 is 22.4 Å². The predicted molar refractivity (Wildman–Crippen MR) is 122 cm³/mol. The lowest BCUT2D eigenvalue weighted by molar-refractivity contribution is -0.0605. The molecule has 1 aromatic heterocycles. The summed E-state index contributed by atoms with van der Waals surface area (Å²) < 4.78 is 44.4. The average molecular weight is 476 g/mol. The van der Waals surface area contributed by atoms with Gasteiger partial charge in [-0.3, -0.25) is 9.79 Å². The number of amides is 1. The number of aryl methyl sites for hydroxylation is 2. The molecule has 0 atom stereocenters. The molecule has 0 bridgehead atoms. The van der Waals surface area contributed by atoms with Gasteiger partial charge in [-0.25, -0.2) is 0 Å². The van der Waals surface area contributed by atoms with Crippen molar-refractivity contribution in [1.82, 2.24) is 5.32 Å². The summed E-state index contributed by atoms with van der Waals surface area (Å²) in [4.78, 5) is 16.8. The molecule has 0 aliphatic carbocycles. The Labute approximate surface area is 193 Å². The summed E-state index contributed by atoms with van der Waals surface area (Å²) in [6.07, 6.45) is -5.51. The first kappa shape index (κ1) is 24.3. The van der Waals surface area contributed by atoms with Crippen LogP contribution in [0, 0.1) is 19.3 Å². The van der Waals surface area contributed by atoms with Crippen LogP contribution in [0.25, 0.3) is 0 Å². The molecule has 0 saturated heterocycles. The van der Waals surface area contributed by atoms with Crippen molar-refractivity contribution in [1.29, 1.82) is 5.41 Å². The molecule has 33 heavy (non-hydrogen) atoms. The number of carbonyl (C=O) groups is 1. The fourth-order valence-corrected chi connectivity index (χ4v) is 3.29. The lowest BCUT2D eigenvalue weighted by Gasteiger charge is -2.12. The van der Waals surface area contributed by atoms with Crippen LogP contribution in [0.3, 0.4) is 0 Å². The monoisotopic (exact) mass is 475 g/mol. The molecule has 172 valence electrons. The van der Waals surface area contributed by atoms with Crippen molar-refractivity contribution in [2.75, 3.05) is 0 Å². The highest BCUT2D eigenvalue weighted by molar-refractivity contribution is 6.33. The van der Waals surface area contributed by atoms with Crippen LogP contribution in [0.1, 0.15) is 39.4 Å². The van der Waals surface area contributed by atoms with E-state index in [0.29, 0.717) is 11.1 Å². The minimum absolute atomic E-state index is 0.0156. The van der Waals surface area contributed by atoms with Crippen molar-refractivity contribution in [2.45, 2.75) is 33.0 Å². The standard InChI is InChI=1S/C24H21ClF3N3O2/c1-14-11-18(15(2)33-14)13-30-23(32)17-9-7-16(8-10-17)21(12-22(29)24(26,27)28)31-20-6-4-3-5-19(20)25/h3-11,29H,12-13H2,1-2H3,(H,30,32). The van der Waals surface area contributed by atoms with Crippen LogP contribution in [0.4, 0.5) is 18.9 Å². The molecule has 2 aromatic carbocycles. The molecule has 3 rings (SSSR count). The van der Waals surface area contributed by atoms with Gasteiger partial charge in [-0.1, -0.05) is 35.9 Å². The maximum atomic E-state index is 13.0. The number of carbonyl (C=O) groups excluding carboxylic acids is 1. The second-order valence-electron chi connectivity index (χ2n) is 7.36. The highest BCUT2D eigenvalue weighted by atomic mass is 35.5. The molecule has 0 spiro atoms. The summed E-state index contributed by atoms with van der Waals surface area (Å²) in [6, 6.07) is 14.3.